The summed E-state index contributed by atoms with van der Waals surface area (Å²) in [5, 5.41) is 22.3. The van der Waals surface area contributed by atoms with Crippen molar-refractivity contribution in [2.45, 2.75) is 6.04 Å². The molecule has 0 saturated carbocycles. The van der Waals surface area contributed by atoms with Crippen LogP contribution in [0.3, 0.4) is 0 Å². The number of nitro groups is 1. The van der Waals surface area contributed by atoms with Gasteiger partial charge in [-0.3, -0.25) is 20.2 Å². The van der Waals surface area contributed by atoms with E-state index in [-0.39, 0.29) is 17.8 Å². The fraction of sp³-hybridized carbons (Fsp3) is 0.231. The molecule has 0 heterocycles. The normalized spacial score (nSPS) is 11.2. The van der Waals surface area contributed by atoms with E-state index in [9.17, 15) is 14.9 Å². The second kappa shape index (κ2) is 7.01. The summed E-state index contributed by atoms with van der Waals surface area (Å²) in [4.78, 5) is 21.2. The highest BCUT2D eigenvalue weighted by molar-refractivity contribution is 5.71. The number of nitriles is 1. The fourth-order valence-electron chi connectivity index (χ4n) is 1.55. The zero-order valence-electron chi connectivity index (χ0n) is 10.8. The van der Waals surface area contributed by atoms with Gasteiger partial charge >= 0.3 is 5.97 Å². The Morgan fingerprint density at radius 2 is 2.15 bits per heavy atom. The number of esters is 1. The fourth-order valence-corrected chi connectivity index (χ4v) is 1.55. The third kappa shape index (κ3) is 3.90. The summed E-state index contributed by atoms with van der Waals surface area (Å²) >= 11 is 0. The van der Waals surface area contributed by atoms with E-state index in [0.29, 0.717) is 5.56 Å². The lowest BCUT2D eigenvalue weighted by molar-refractivity contribution is -0.384. The number of benzene rings is 1. The Morgan fingerprint density at radius 3 is 2.60 bits per heavy atom. The number of hydrogen-bond acceptors (Lipinski definition) is 6. The van der Waals surface area contributed by atoms with E-state index in [1.807, 2.05) is 6.07 Å². The average molecular weight is 275 g/mol. The first kappa shape index (κ1) is 15.3. The van der Waals surface area contributed by atoms with Gasteiger partial charge in [0.05, 0.1) is 30.7 Å². The van der Waals surface area contributed by atoms with Gasteiger partial charge in [-0.05, 0) is 5.56 Å². The Kier molecular flexibility index (Phi) is 5.38. The van der Waals surface area contributed by atoms with Crippen molar-refractivity contribution in [2.75, 3.05) is 13.7 Å². The molecule has 1 N–H and O–H groups in total. The predicted octanol–water partition coefficient (Wildman–Crippen LogP) is 1.48. The summed E-state index contributed by atoms with van der Waals surface area (Å²) in [7, 11) is 1.25. The average Bonchev–Trinajstić information content (AvgIpc) is 2.47. The van der Waals surface area contributed by atoms with Gasteiger partial charge < -0.3 is 4.74 Å². The summed E-state index contributed by atoms with van der Waals surface area (Å²) in [6.07, 6.45) is 0. The topological polar surface area (TPSA) is 105 Å². The van der Waals surface area contributed by atoms with Crippen LogP contribution in [0.25, 0.3) is 0 Å². The van der Waals surface area contributed by atoms with Crippen molar-refractivity contribution < 1.29 is 14.5 Å². The Balaban J connectivity index is 2.93. The van der Waals surface area contributed by atoms with Crippen molar-refractivity contribution in [1.82, 2.24) is 5.32 Å². The number of nitrogens with zero attached hydrogens (tertiary/aromatic N) is 2. The summed E-state index contributed by atoms with van der Waals surface area (Å²) in [6.45, 7) is 3.50. The van der Waals surface area contributed by atoms with Crippen LogP contribution in [-0.4, -0.2) is 24.5 Å². The third-order valence-electron chi connectivity index (χ3n) is 2.61. The summed E-state index contributed by atoms with van der Waals surface area (Å²) in [6, 6.07) is 6.97. The van der Waals surface area contributed by atoms with Gasteiger partial charge in [-0.25, -0.2) is 0 Å². The lowest BCUT2D eigenvalue weighted by atomic mass is 10.0. The maximum absolute atomic E-state index is 11.1. The van der Waals surface area contributed by atoms with Gasteiger partial charge in [-0.1, -0.05) is 18.7 Å². The van der Waals surface area contributed by atoms with Gasteiger partial charge in [-0.15, -0.1) is 0 Å². The molecular weight excluding hydrogens is 262 g/mol. The molecule has 0 aliphatic carbocycles. The Bertz CT molecular complexity index is 560. The maximum Gasteiger partial charge on any atom is 0.319 e. The number of non-ortho nitro benzene ring substituents is 1. The first-order valence-corrected chi connectivity index (χ1v) is 5.63. The van der Waals surface area contributed by atoms with E-state index >= 15 is 0 Å². The molecule has 0 fully saturated rings. The standard InChI is InChI=1S/C13H13N3O4/c1-9(7-14)13(15-8-12(17)20-2)10-3-5-11(6-4-10)16(18)19/h3-6,13,15H,1,8H2,2H3. The molecule has 0 aliphatic heterocycles. The highest BCUT2D eigenvalue weighted by atomic mass is 16.6. The van der Waals surface area contributed by atoms with Crippen LogP contribution in [0.5, 0.6) is 0 Å². The lowest BCUT2D eigenvalue weighted by Gasteiger charge is -2.17. The van der Waals surface area contributed by atoms with Crippen LogP contribution in [0.2, 0.25) is 0 Å². The zero-order chi connectivity index (χ0) is 15.1. The van der Waals surface area contributed by atoms with E-state index < -0.39 is 16.9 Å². The van der Waals surface area contributed by atoms with Crippen molar-refractivity contribution >= 4 is 11.7 Å². The molecule has 104 valence electrons. The third-order valence-corrected chi connectivity index (χ3v) is 2.61. The maximum atomic E-state index is 11.1. The van der Waals surface area contributed by atoms with Crippen molar-refractivity contribution in [2.24, 2.45) is 0 Å². The molecule has 1 aromatic carbocycles. The zero-order valence-corrected chi connectivity index (χ0v) is 10.8. The van der Waals surface area contributed by atoms with Crippen molar-refractivity contribution in [3.8, 4) is 6.07 Å². The van der Waals surface area contributed by atoms with E-state index in [1.165, 1.54) is 31.4 Å². The van der Waals surface area contributed by atoms with Crippen LogP contribution in [0, 0.1) is 21.4 Å². The molecule has 1 atom stereocenters. The number of carbonyl (C=O) groups excluding carboxylic acids is 1. The van der Waals surface area contributed by atoms with Crippen LogP contribution in [0.15, 0.2) is 36.4 Å². The van der Waals surface area contributed by atoms with Gasteiger partial charge in [0.25, 0.3) is 5.69 Å². The molecule has 0 amide bonds. The minimum Gasteiger partial charge on any atom is -0.468 e. The molecule has 0 spiro atoms. The quantitative estimate of drug-likeness (QED) is 0.365. The Hall–Kier alpha value is -2.72. The summed E-state index contributed by atoms with van der Waals surface area (Å²) in [5.41, 5.74) is 0.747. The number of carbonyl (C=O) groups is 1. The molecule has 0 bridgehead atoms. The highest BCUT2D eigenvalue weighted by Gasteiger charge is 2.17. The molecule has 0 radical (unpaired) electrons. The minimum absolute atomic E-state index is 0.0527. The lowest BCUT2D eigenvalue weighted by Crippen LogP contribution is -2.29. The predicted molar refractivity (Wildman–Crippen MR) is 70.6 cm³/mol. The SMILES string of the molecule is C=C(C#N)C(NCC(=O)OC)c1ccc([N+](=O)[O-])cc1. The smallest absolute Gasteiger partial charge is 0.319 e. The largest absolute Gasteiger partial charge is 0.468 e. The number of nitrogens with one attached hydrogen (secondary N) is 1. The molecule has 1 aromatic rings. The van der Waals surface area contributed by atoms with Crippen molar-refractivity contribution in [1.29, 1.82) is 5.26 Å². The van der Waals surface area contributed by atoms with Crippen molar-refractivity contribution in [3.63, 3.8) is 0 Å². The highest BCUT2D eigenvalue weighted by Crippen LogP contribution is 2.22. The summed E-state index contributed by atoms with van der Waals surface area (Å²) in [5.74, 6) is -0.484. The van der Waals surface area contributed by atoms with Crippen LogP contribution in [-0.2, 0) is 9.53 Å². The summed E-state index contributed by atoms with van der Waals surface area (Å²) < 4.78 is 4.50. The van der Waals surface area contributed by atoms with Gasteiger partial charge in [-0.2, -0.15) is 5.26 Å². The molecule has 7 heteroatoms. The second-order valence-corrected chi connectivity index (χ2v) is 3.88. The molecule has 0 saturated heterocycles. The molecule has 1 rings (SSSR count). The number of nitro benzene ring substituents is 1. The first-order chi connectivity index (χ1) is 9.49. The van der Waals surface area contributed by atoms with Gasteiger partial charge in [0.1, 0.15) is 0 Å². The number of hydrogen-bond donors (Lipinski definition) is 1. The second-order valence-electron chi connectivity index (χ2n) is 3.88. The molecule has 1 unspecified atom stereocenters. The number of rotatable bonds is 6. The Labute approximate surface area is 115 Å². The number of ether oxygens (including phenoxy) is 1. The van der Waals surface area contributed by atoms with Gasteiger partial charge in [0, 0.05) is 17.7 Å². The molecular formula is C13H13N3O4. The van der Waals surface area contributed by atoms with Crippen LogP contribution in [0.1, 0.15) is 11.6 Å². The number of methoxy groups -OCH3 is 1. The monoisotopic (exact) mass is 275 g/mol. The van der Waals surface area contributed by atoms with Gasteiger partial charge in [0.15, 0.2) is 0 Å². The molecule has 0 aliphatic rings. The Morgan fingerprint density at radius 1 is 1.55 bits per heavy atom. The van der Waals surface area contributed by atoms with E-state index in [4.69, 9.17) is 5.26 Å². The first-order valence-electron chi connectivity index (χ1n) is 5.63. The van der Waals surface area contributed by atoms with Crippen molar-refractivity contribution in [3.05, 3.63) is 52.1 Å². The van der Waals surface area contributed by atoms with Crippen LogP contribution >= 0.6 is 0 Å². The minimum atomic E-state index is -0.597. The molecule has 20 heavy (non-hydrogen) atoms. The van der Waals surface area contributed by atoms with E-state index in [0.717, 1.165) is 0 Å². The van der Waals surface area contributed by atoms with Crippen LogP contribution < -0.4 is 5.32 Å². The molecule has 0 aromatic heterocycles. The van der Waals surface area contributed by atoms with Gasteiger partial charge in [0.2, 0.25) is 0 Å². The molecule has 7 nitrogen and oxygen atoms in total. The van der Waals surface area contributed by atoms with E-state index in [1.54, 1.807) is 0 Å². The van der Waals surface area contributed by atoms with E-state index in [2.05, 4.69) is 16.6 Å². The van der Waals surface area contributed by atoms with Crippen LogP contribution in [0.4, 0.5) is 5.69 Å².